The number of rotatable bonds is 4. The van der Waals surface area contributed by atoms with E-state index in [1.54, 1.807) is 7.05 Å². The van der Waals surface area contributed by atoms with Crippen LogP contribution in [0, 0.1) is 0 Å². The van der Waals surface area contributed by atoms with E-state index in [0.717, 1.165) is 11.5 Å². The minimum absolute atomic E-state index is 0.0806. The Morgan fingerprint density at radius 2 is 2.50 bits per heavy atom. The topological polar surface area (TPSA) is 79.8 Å². The van der Waals surface area contributed by atoms with Crippen LogP contribution in [-0.4, -0.2) is 34.3 Å². The van der Waals surface area contributed by atoms with E-state index in [0.29, 0.717) is 18.1 Å². The van der Waals surface area contributed by atoms with Gasteiger partial charge in [0.1, 0.15) is 0 Å². The van der Waals surface area contributed by atoms with Crippen LogP contribution in [0.25, 0.3) is 0 Å². The third kappa shape index (κ3) is 2.89. The molecule has 0 spiro atoms. The van der Waals surface area contributed by atoms with Crippen molar-refractivity contribution in [1.82, 2.24) is 20.1 Å². The number of nitrogens with zero attached hydrogens (tertiary/aromatic N) is 3. The molecular formula is C5H9N5OS. The molecule has 1 aromatic rings. The van der Waals surface area contributed by atoms with E-state index < -0.39 is 0 Å². The fraction of sp³-hybridized carbons (Fsp3) is 0.600. The Morgan fingerprint density at radius 3 is 3.08 bits per heavy atom. The van der Waals surface area contributed by atoms with Gasteiger partial charge in [-0.15, -0.1) is 0 Å². The van der Waals surface area contributed by atoms with Crippen molar-refractivity contribution in [2.24, 2.45) is 0 Å². The molecule has 0 saturated carbocycles. The fourth-order valence-electron chi connectivity index (χ4n) is 0.602. The van der Waals surface area contributed by atoms with Crippen LogP contribution in [0.15, 0.2) is 0 Å². The van der Waals surface area contributed by atoms with Crippen molar-refractivity contribution in [2.45, 2.75) is 6.42 Å². The smallest absolute Gasteiger partial charge is 0.231 e. The Hall–Kier alpha value is -1.08. The number of carbonyl (C=O) groups is 1. The monoisotopic (exact) mass is 187 g/mol. The van der Waals surface area contributed by atoms with Gasteiger partial charge in [0.25, 0.3) is 0 Å². The molecule has 0 saturated heterocycles. The number of hydrogen-bond donors (Lipinski definition) is 2. The van der Waals surface area contributed by atoms with Crippen molar-refractivity contribution >= 4 is 22.6 Å². The maximum Gasteiger partial charge on any atom is 0.231 e. The van der Waals surface area contributed by atoms with Crippen LogP contribution in [0.3, 0.4) is 0 Å². The standard InChI is InChI=1S/C5H9N5OS/c1-6-3-2-4(11)7-5-8-9-10-12-5/h6H,2-3H2,1H3,(H,7,8,10,11). The third-order valence-electron chi connectivity index (χ3n) is 1.15. The molecule has 1 heterocycles. The first-order chi connectivity index (χ1) is 5.83. The van der Waals surface area contributed by atoms with Crippen molar-refractivity contribution < 1.29 is 4.79 Å². The van der Waals surface area contributed by atoms with Crippen LogP contribution in [0.5, 0.6) is 0 Å². The number of amides is 1. The quantitative estimate of drug-likeness (QED) is 0.663. The Morgan fingerprint density at radius 1 is 1.67 bits per heavy atom. The molecule has 1 aromatic heterocycles. The lowest BCUT2D eigenvalue weighted by atomic mass is 10.4. The molecule has 6 nitrogen and oxygen atoms in total. The van der Waals surface area contributed by atoms with Gasteiger partial charge in [0.15, 0.2) is 0 Å². The van der Waals surface area contributed by atoms with Crippen LogP contribution >= 0.6 is 11.5 Å². The fourth-order valence-corrected chi connectivity index (χ4v) is 0.985. The molecular weight excluding hydrogens is 178 g/mol. The maximum absolute atomic E-state index is 11.0. The van der Waals surface area contributed by atoms with Crippen molar-refractivity contribution in [1.29, 1.82) is 0 Å². The Kier molecular flexibility index (Phi) is 3.55. The Labute approximate surface area is 73.5 Å². The second kappa shape index (κ2) is 4.73. The van der Waals surface area contributed by atoms with Gasteiger partial charge in [-0.2, -0.15) is 0 Å². The summed E-state index contributed by atoms with van der Waals surface area (Å²) >= 11 is 1.06. The molecule has 66 valence electrons. The maximum atomic E-state index is 11.0. The normalized spacial score (nSPS) is 9.75. The number of anilines is 1. The van der Waals surface area contributed by atoms with Gasteiger partial charge in [-0.3, -0.25) is 10.1 Å². The minimum atomic E-state index is -0.0806. The third-order valence-corrected chi connectivity index (χ3v) is 1.66. The molecule has 0 bridgehead atoms. The Bertz CT molecular complexity index is 236. The average molecular weight is 187 g/mol. The van der Waals surface area contributed by atoms with Crippen LogP contribution in [0.4, 0.5) is 5.13 Å². The highest BCUT2D eigenvalue weighted by atomic mass is 32.1. The predicted molar refractivity (Wildman–Crippen MR) is 44.9 cm³/mol. The van der Waals surface area contributed by atoms with Gasteiger partial charge in [0.05, 0.1) is 0 Å². The van der Waals surface area contributed by atoms with Gasteiger partial charge in [-0.05, 0) is 12.3 Å². The summed E-state index contributed by atoms with van der Waals surface area (Å²) in [7, 11) is 1.79. The molecule has 1 amide bonds. The van der Waals surface area contributed by atoms with Crippen LogP contribution < -0.4 is 10.6 Å². The van der Waals surface area contributed by atoms with Gasteiger partial charge < -0.3 is 5.32 Å². The zero-order chi connectivity index (χ0) is 8.81. The summed E-state index contributed by atoms with van der Waals surface area (Å²) in [5, 5.41) is 12.8. The summed E-state index contributed by atoms with van der Waals surface area (Å²) in [6, 6.07) is 0. The SMILES string of the molecule is CNCCC(=O)Nc1nnns1. The van der Waals surface area contributed by atoms with E-state index in [1.807, 2.05) is 0 Å². The van der Waals surface area contributed by atoms with E-state index in [4.69, 9.17) is 0 Å². The molecule has 0 fully saturated rings. The molecule has 12 heavy (non-hydrogen) atoms. The summed E-state index contributed by atoms with van der Waals surface area (Å²) in [6.07, 6.45) is 0.427. The van der Waals surface area contributed by atoms with Crippen LogP contribution in [-0.2, 0) is 4.79 Å². The lowest BCUT2D eigenvalue weighted by molar-refractivity contribution is -0.116. The molecule has 7 heteroatoms. The first-order valence-corrected chi connectivity index (χ1v) is 4.19. The van der Waals surface area contributed by atoms with E-state index >= 15 is 0 Å². The van der Waals surface area contributed by atoms with Gasteiger partial charge in [0, 0.05) is 24.5 Å². The minimum Gasteiger partial charge on any atom is -0.319 e. The summed E-state index contributed by atoms with van der Waals surface area (Å²) in [4.78, 5) is 11.0. The molecule has 0 unspecified atom stereocenters. The average Bonchev–Trinajstić information content (AvgIpc) is 2.53. The molecule has 0 aromatic carbocycles. The molecule has 0 aliphatic heterocycles. The van der Waals surface area contributed by atoms with Crippen molar-refractivity contribution in [3.05, 3.63) is 0 Å². The summed E-state index contributed by atoms with van der Waals surface area (Å²) in [5.41, 5.74) is 0. The summed E-state index contributed by atoms with van der Waals surface area (Å²) in [6.45, 7) is 0.651. The van der Waals surface area contributed by atoms with Gasteiger partial charge in [-0.25, -0.2) is 0 Å². The molecule has 2 N–H and O–H groups in total. The highest BCUT2D eigenvalue weighted by Crippen LogP contribution is 2.04. The van der Waals surface area contributed by atoms with Gasteiger partial charge in [-0.1, -0.05) is 9.59 Å². The zero-order valence-corrected chi connectivity index (χ0v) is 7.39. The lowest BCUT2D eigenvalue weighted by Crippen LogP contribution is -2.18. The largest absolute Gasteiger partial charge is 0.319 e. The molecule has 0 aliphatic rings. The van der Waals surface area contributed by atoms with Crippen LogP contribution in [0.1, 0.15) is 6.42 Å². The second-order valence-electron chi connectivity index (χ2n) is 2.07. The Balaban J connectivity index is 2.27. The van der Waals surface area contributed by atoms with E-state index in [-0.39, 0.29) is 5.91 Å². The molecule has 0 atom stereocenters. The number of hydrogen-bond acceptors (Lipinski definition) is 6. The van der Waals surface area contributed by atoms with E-state index in [1.165, 1.54) is 0 Å². The number of carbonyl (C=O) groups excluding carboxylic acids is 1. The zero-order valence-electron chi connectivity index (χ0n) is 6.57. The second-order valence-corrected chi connectivity index (χ2v) is 2.80. The highest BCUT2D eigenvalue weighted by molar-refractivity contribution is 7.09. The van der Waals surface area contributed by atoms with Crippen molar-refractivity contribution in [3.8, 4) is 0 Å². The first-order valence-electron chi connectivity index (χ1n) is 3.42. The predicted octanol–water partition coefficient (Wildman–Crippen LogP) is -0.519. The summed E-state index contributed by atoms with van der Waals surface area (Å²) in [5.74, 6) is -0.0806. The molecule has 0 radical (unpaired) electrons. The van der Waals surface area contributed by atoms with Crippen LogP contribution in [0.2, 0.25) is 0 Å². The molecule has 1 rings (SSSR count). The number of nitrogens with one attached hydrogen (secondary N) is 2. The van der Waals surface area contributed by atoms with Gasteiger partial charge >= 0.3 is 0 Å². The van der Waals surface area contributed by atoms with Crippen molar-refractivity contribution in [2.75, 3.05) is 18.9 Å². The lowest BCUT2D eigenvalue weighted by Gasteiger charge is -1.98. The van der Waals surface area contributed by atoms with Gasteiger partial charge in [0.2, 0.25) is 11.0 Å². The first kappa shape index (κ1) is 9.01. The molecule has 0 aliphatic carbocycles. The van der Waals surface area contributed by atoms with E-state index in [2.05, 4.69) is 25.4 Å². The van der Waals surface area contributed by atoms with E-state index in [9.17, 15) is 4.79 Å². The number of aromatic nitrogens is 3. The summed E-state index contributed by atoms with van der Waals surface area (Å²) < 4.78 is 3.51. The van der Waals surface area contributed by atoms with Crippen molar-refractivity contribution in [3.63, 3.8) is 0 Å². The highest BCUT2D eigenvalue weighted by Gasteiger charge is 2.03.